The third kappa shape index (κ3) is 4.76. The van der Waals surface area contributed by atoms with Crippen LogP contribution < -0.4 is 16.0 Å². The number of furan rings is 1. The molecule has 0 atom stereocenters. The van der Waals surface area contributed by atoms with Crippen LogP contribution in [0.3, 0.4) is 0 Å². The van der Waals surface area contributed by atoms with Gasteiger partial charge in [-0.3, -0.25) is 4.79 Å². The number of nitrogens with two attached hydrogens (primary N) is 1. The number of aryl methyl sites for hydroxylation is 1. The van der Waals surface area contributed by atoms with E-state index < -0.39 is 0 Å². The van der Waals surface area contributed by atoms with Gasteiger partial charge in [0.1, 0.15) is 5.76 Å². The maximum absolute atomic E-state index is 11.9. The number of likely N-dealkylation sites (N-methyl/N-ethyl adjacent to an activating group) is 1. The molecule has 25 heavy (non-hydrogen) atoms. The average Bonchev–Trinajstić information content (AvgIpc) is 3.13. The standard InChI is InChI=1S/C19H26N4O2/c1-22-8-10-23(11-9-22)18-6-4-15(13-17(18)20)5-7-19(24)21-14-16-3-2-12-25-16/h2-4,6,12-13H,5,7-11,14,20H2,1H3,(H,21,24). The van der Waals surface area contributed by atoms with Crippen molar-refractivity contribution in [3.05, 3.63) is 47.9 Å². The van der Waals surface area contributed by atoms with E-state index in [9.17, 15) is 4.79 Å². The molecule has 1 aromatic heterocycles. The number of anilines is 2. The predicted molar refractivity (Wildman–Crippen MR) is 99.4 cm³/mol. The van der Waals surface area contributed by atoms with E-state index in [1.165, 1.54) is 0 Å². The van der Waals surface area contributed by atoms with Crippen molar-refractivity contribution in [1.82, 2.24) is 10.2 Å². The first-order valence-corrected chi connectivity index (χ1v) is 8.73. The largest absolute Gasteiger partial charge is 0.467 e. The summed E-state index contributed by atoms with van der Waals surface area (Å²) in [7, 11) is 2.14. The molecule has 3 rings (SSSR count). The zero-order valence-corrected chi connectivity index (χ0v) is 14.7. The third-order valence-corrected chi connectivity index (χ3v) is 4.62. The number of nitrogen functional groups attached to an aromatic ring is 1. The van der Waals surface area contributed by atoms with Crippen molar-refractivity contribution in [1.29, 1.82) is 0 Å². The first-order valence-electron chi connectivity index (χ1n) is 8.73. The number of nitrogens with zero attached hydrogens (tertiary/aromatic N) is 2. The minimum absolute atomic E-state index is 0.0121. The van der Waals surface area contributed by atoms with Crippen LogP contribution >= 0.6 is 0 Å². The molecule has 1 fully saturated rings. The molecule has 6 heteroatoms. The Labute approximate surface area is 148 Å². The van der Waals surface area contributed by atoms with Gasteiger partial charge in [-0.1, -0.05) is 6.07 Å². The smallest absolute Gasteiger partial charge is 0.220 e. The van der Waals surface area contributed by atoms with E-state index in [1.807, 2.05) is 18.2 Å². The predicted octanol–water partition coefficient (Wildman–Crippen LogP) is 1.86. The summed E-state index contributed by atoms with van der Waals surface area (Å²) in [4.78, 5) is 16.6. The first kappa shape index (κ1) is 17.4. The molecule has 1 aromatic carbocycles. The molecule has 1 aliphatic heterocycles. The SMILES string of the molecule is CN1CCN(c2ccc(CCC(=O)NCc3ccco3)cc2N)CC1. The number of carbonyl (C=O) groups excluding carboxylic acids is 1. The Hall–Kier alpha value is -2.47. The summed E-state index contributed by atoms with van der Waals surface area (Å²) >= 11 is 0. The zero-order valence-electron chi connectivity index (χ0n) is 14.7. The summed E-state index contributed by atoms with van der Waals surface area (Å²) in [6, 6.07) is 9.80. The summed E-state index contributed by atoms with van der Waals surface area (Å²) < 4.78 is 5.20. The van der Waals surface area contributed by atoms with Crippen LogP contribution in [0.4, 0.5) is 11.4 Å². The van der Waals surface area contributed by atoms with Crippen LogP contribution in [-0.4, -0.2) is 44.0 Å². The highest BCUT2D eigenvalue weighted by Gasteiger charge is 2.16. The van der Waals surface area contributed by atoms with Crippen LogP contribution in [0.5, 0.6) is 0 Å². The Morgan fingerprint density at radius 2 is 2.04 bits per heavy atom. The van der Waals surface area contributed by atoms with Gasteiger partial charge in [-0.05, 0) is 43.3 Å². The van der Waals surface area contributed by atoms with Crippen LogP contribution in [0.1, 0.15) is 17.7 Å². The van der Waals surface area contributed by atoms with Gasteiger partial charge >= 0.3 is 0 Å². The topological polar surface area (TPSA) is 74.7 Å². The zero-order chi connectivity index (χ0) is 17.6. The van der Waals surface area contributed by atoms with Gasteiger partial charge in [0, 0.05) is 32.6 Å². The molecule has 1 saturated heterocycles. The van der Waals surface area contributed by atoms with E-state index >= 15 is 0 Å². The molecule has 2 heterocycles. The van der Waals surface area contributed by atoms with Crippen molar-refractivity contribution in [3.8, 4) is 0 Å². The third-order valence-electron chi connectivity index (χ3n) is 4.62. The second kappa shape index (κ2) is 8.07. The molecular weight excluding hydrogens is 316 g/mol. The molecule has 134 valence electrons. The van der Waals surface area contributed by atoms with Gasteiger partial charge in [0.25, 0.3) is 0 Å². The highest BCUT2D eigenvalue weighted by molar-refractivity contribution is 5.76. The van der Waals surface area contributed by atoms with Gasteiger partial charge in [0.05, 0.1) is 24.2 Å². The Morgan fingerprint density at radius 3 is 2.72 bits per heavy atom. The van der Waals surface area contributed by atoms with Crippen molar-refractivity contribution in [2.75, 3.05) is 43.9 Å². The maximum Gasteiger partial charge on any atom is 0.220 e. The summed E-state index contributed by atoms with van der Waals surface area (Å²) in [5.41, 5.74) is 9.22. The molecule has 1 aliphatic rings. The molecule has 0 spiro atoms. The van der Waals surface area contributed by atoms with Gasteiger partial charge < -0.3 is 25.3 Å². The molecule has 2 aromatic rings. The van der Waals surface area contributed by atoms with Crippen molar-refractivity contribution in [3.63, 3.8) is 0 Å². The number of carbonyl (C=O) groups is 1. The average molecular weight is 342 g/mol. The Morgan fingerprint density at radius 1 is 1.24 bits per heavy atom. The minimum Gasteiger partial charge on any atom is -0.467 e. The lowest BCUT2D eigenvalue weighted by atomic mass is 10.1. The Balaban J connectivity index is 1.49. The monoisotopic (exact) mass is 342 g/mol. The second-order valence-corrected chi connectivity index (χ2v) is 6.54. The fourth-order valence-corrected chi connectivity index (χ4v) is 3.04. The van der Waals surface area contributed by atoms with E-state index in [0.29, 0.717) is 19.4 Å². The Bertz CT molecular complexity index is 691. The lowest BCUT2D eigenvalue weighted by Crippen LogP contribution is -2.44. The molecule has 6 nitrogen and oxygen atoms in total. The fourth-order valence-electron chi connectivity index (χ4n) is 3.04. The summed E-state index contributed by atoms with van der Waals surface area (Å²) in [5, 5.41) is 2.86. The van der Waals surface area contributed by atoms with Gasteiger partial charge in [-0.2, -0.15) is 0 Å². The van der Waals surface area contributed by atoms with Crippen molar-refractivity contribution in [2.45, 2.75) is 19.4 Å². The van der Waals surface area contributed by atoms with Gasteiger partial charge in [-0.25, -0.2) is 0 Å². The fraction of sp³-hybridized carbons (Fsp3) is 0.421. The van der Waals surface area contributed by atoms with Gasteiger partial charge in [0.15, 0.2) is 0 Å². The molecular formula is C19H26N4O2. The second-order valence-electron chi connectivity index (χ2n) is 6.54. The quantitative estimate of drug-likeness (QED) is 0.784. The molecule has 3 N–H and O–H groups in total. The van der Waals surface area contributed by atoms with Crippen molar-refractivity contribution < 1.29 is 9.21 Å². The molecule has 1 amide bonds. The van der Waals surface area contributed by atoms with Gasteiger partial charge in [0.2, 0.25) is 5.91 Å². The Kier molecular flexibility index (Phi) is 5.60. The lowest BCUT2D eigenvalue weighted by molar-refractivity contribution is -0.121. The van der Waals surface area contributed by atoms with Crippen LogP contribution in [0, 0.1) is 0 Å². The van der Waals surface area contributed by atoms with Crippen LogP contribution in [0.2, 0.25) is 0 Å². The number of benzene rings is 1. The highest BCUT2D eigenvalue weighted by atomic mass is 16.3. The van der Waals surface area contributed by atoms with Crippen molar-refractivity contribution in [2.24, 2.45) is 0 Å². The van der Waals surface area contributed by atoms with Crippen LogP contribution in [0.25, 0.3) is 0 Å². The number of amides is 1. The number of hydrogen-bond donors (Lipinski definition) is 2. The van der Waals surface area contributed by atoms with E-state index in [1.54, 1.807) is 6.26 Å². The normalized spacial score (nSPS) is 15.3. The minimum atomic E-state index is 0.0121. The number of rotatable bonds is 6. The number of hydrogen-bond acceptors (Lipinski definition) is 5. The molecule has 0 radical (unpaired) electrons. The van der Waals surface area contributed by atoms with Crippen molar-refractivity contribution >= 4 is 17.3 Å². The summed E-state index contributed by atoms with van der Waals surface area (Å²) in [5.74, 6) is 0.771. The molecule has 0 aliphatic carbocycles. The summed E-state index contributed by atoms with van der Waals surface area (Å²) in [6.45, 7) is 4.52. The van der Waals surface area contributed by atoms with E-state index in [-0.39, 0.29) is 5.91 Å². The van der Waals surface area contributed by atoms with E-state index in [2.05, 4.69) is 34.3 Å². The highest BCUT2D eigenvalue weighted by Crippen LogP contribution is 2.25. The van der Waals surface area contributed by atoms with E-state index in [4.69, 9.17) is 10.2 Å². The molecule has 0 bridgehead atoms. The number of piperazine rings is 1. The van der Waals surface area contributed by atoms with E-state index in [0.717, 1.165) is 48.9 Å². The lowest BCUT2D eigenvalue weighted by Gasteiger charge is -2.34. The van der Waals surface area contributed by atoms with Crippen LogP contribution in [-0.2, 0) is 17.8 Å². The van der Waals surface area contributed by atoms with Gasteiger partial charge in [-0.15, -0.1) is 0 Å². The molecule has 0 unspecified atom stereocenters. The maximum atomic E-state index is 11.9. The van der Waals surface area contributed by atoms with Crippen LogP contribution in [0.15, 0.2) is 41.0 Å². The summed E-state index contributed by atoms with van der Waals surface area (Å²) in [6.07, 6.45) is 2.72. The first-order chi connectivity index (χ1) is 12.1. The number of nitrogens with one attached hydrogen (secondary N) is 1. The molecule has 0 saturated carbocycles.